The topological polar surface area (TPSA) is 34.9 Å². The van der Waals surface area contributed by atoms with Crippen molar-refractivity contribution in [3.05, 3.63) is 63.9 Å². The Labute approximate surface area is 140 Å². The summed E-state index contributed by atoms with van der Waals surface area (Å²) in [5.74, 6) is 0. The second-order valence-electron chi connectivity index (χ2n) is 5.96. The fraction of sp³-hybridized carbons (Fsp3) is 0.263. The van der Waals surface area contributed by atoms with E-state index in [-0.39, 0.29) is 5.56 Å². The molecule has 0 saturated heterocycles. The summed E-state index contributed by atoms with van der Waals surface area (Å²) in [6, 6.07) is 13.6. The molecule has 0 aliphatic rings. The zero-order valence-electron chi connectivity index (χ0n) is 13.8. The zero-order chi connectivity index (χ0) is 16.6. The lowest BCUT2D eigenvalue weighted by atomic mass is 10.1. The van der Waals surface area contributed by atoms with E-state index in [1.165, 1.54) is 0 Å². The summed E-state index contributed by atoms with van der Waals surface area (Å²) in [4.78, 5) is 17.9. The predicted octanol–water partition coefficient (Wildman–Crippen LogP) is 4.50. The van der Waals surface area contributed by atoms with Gasteiger partial charge in [0.05, 0.1) is 16.6 Å². The van der Waals surface area contributed by atoms with Gasteiger partial charge in [-0.3, -0.25) is 9.36 Å². The SMILES string of the molecule is Cc1cccc(C)c1-n1c(SC(C)C)nc2ccccc2c1=O. The first-order chi connectivity index (χ1) is 11.0. The van der Waals surface area contributed by atoms with Crippen LogP contribution < -0.4 is 5.56 Å². The van der Waals surface area contributed by atoms with E-state index < -0.39 is 0 Å². The van der Waals surface area contributed by atoms with Crippen LogP contribution in [0.4, 0.5) is 0 Å². The standard InChI is InChI=1S/C19H20N2OS/c1-12(2)23-19-20-16-11-6-5-10-15(16)18(22)21(19)17-13(3)8-7-9-14(17)4/h5-12H,1-4H3. The molecule has 118 valence electrons. The number of hydrogen-bond donors (Lipinski definition) is 0. The Balaban J connectivity index is 2.42. The molecular weight excluding hydrogens is 304 g/mol. The van der Waals surface area contributed by atoms with Gasteiger partial charge in [0.1, 0.15) is 0 Å². The maximum Gasteiger partial charge on any atom is 0.266 e. The van der Waals surface area contributed by atoms with Crippen LogP contribution in [0.2, 0.25) is 0 Å². The van der Waals surface area contributed by atoms with Crippen LogP contribution in [0.1, 0.15) is 25.0 Å². The molecule has 0 atom stereocenters. The van der Waals surface area contributed by atoms with Crippen LogP contribution in [-0.2, 0) is 0 Å². The van der Waals surface area contributed by atoms with Gasteiger partial charge in [-0.15, -0.1) is 0 Å². The van der Waals surface area contributed by atoms with Gasteiger partial charge in [-0.05, 0) is 37.1 Å². The van der Waals surface area contributed by atoms with Crippen molar-refractivity contribution in [1.29, 1.82) is 0 Å². The molecule has 0 aliphatic carbocycles. The Bertz CT molecular complexity index is 908. The van der Waals surface area contributed by atoms with E-state index >= 15 is 0 Å². The van der Waals surface area contributed by atoms with Gasteiger partial charge in [0, 0.05) is 5.25 Å². The number of para-hydroxylation sites is 2. The summed E-state index contributed by atoms with van der Waals surface area (Å²) in [5, 5.41) is 1.75. The lowest BCUT2D eigenvalue weighted by Gasteiger charge is -2.18. The van der Waals surface area contributed by atoms with E-state index in [4.69, 9.17) is 4.98 Å². The number of aryl methyl sites for hydroxylation is 2. The monoisotopic (exact) mass is 324 g/mol. The highest BCUT2D eigenvalue weighted by Crippen LogP contribution is 2.27. The van der Waals surface area contributed by atoms with Gasteiger partial charge in [0.25, 0.3) is 5.56 Å². The number of benzene rings is 2. The number of rotatable bonds is 3. The largest absolute Gasteiger partial charge is 0.268 e. The average molecular weight is 324 g/mol. The van der Waals surface area contributed by atoms with Crippen LogP contribution in [0, 0.1) is 13.8 Å². The van der Waals surface area contributed by atoms with Gasteiger partial charge < -0.3 is 0 Å². The molecule has 0 unspecified atom stereocenters. The fourth-order valence-corrected chi connectivity index (χ4v) is 3.61. The zero-order valence-corrected chi connectivity index (χ0v) is 14.6. The minimum Gasteiger partial charge on any atom is -0.268 e. The molecule has 0 fully saturated rings. The molecule has 0 saturated carbocycles. The quantitative estimate of drug-likeness (QED) is 0.525. The van der Waals surface area contributed by atoms with Crippen LogP contribution in [-0.4, -0.2) is 14.8 Å². The van der Waals surface area contributed by atoms with Crippen LogP contribution in [0.15, 0.2) is 52.4 Å². The van der Waals surface area contributed by atoms with Crippen LogP contribution >= 0.6 is 11.8 Å². The lowest BCUT2D eigenvalue weighted by molar-refractivity contribution is 0.805. The van der Waals surface area contributed by atoms with Gasteiger partial charge in [-0.25, -0.2) is 4.98 Å². The van der Waals surface area contributed by atoms with Crippen molar-refractivity contribution in [2.75, 3.05) is 0 Å². The highest BCUT2D eigenvalue weighted by atomic mass is 32.2. The highest BCUT2D eigenvalue weighted by molar-refractivity contribution is 7.99. The van der Waals surface area contributed by atoms with Gasteiger partial charge in [-0.1, -0.05) is 55.9 Å². The maximum atomic E-state index is 13.1. The number of fused-ring (bicyclic) bond motifs is 1. The minimum atomic E-state index is -0.00356. The number of hydrogen-bond acceptors (Lipinski definition) is 3. The third-order valence-electron chi connectivity index (χ3n) is 3.75. The smallest absolute Gasteiger partial charge is 0.266 e. The molecular formula is C19H20N2OS. The van der Waals surface area contributed by atoms with E-state index in [1.54, 1.807) is 16.3 Å². The van der Waals surface area contributed by atoms with Crippen molar-refractivity contribution in [2.45, 2.75) is 38.1 Å². The maximum absolute atomic E-state index is 13.1. The average Bonchev–Trinajstić information content (AvgIpc) is 2.49. The molecule has 1 heterocycles. The lowest BCUT2D eigenvalue weighted by Crippen LogP contribution is -2.23. The first-order valence-corrected chi connectivity index (χ1v) is 8.62. The van der Waals surface area contributed by atoms with Crippen LogP contribution in [0.5, 0.6) is 0 Å². The number of nitrogens with zero attached hydrogens (tertiary/aromatic N) is 2. The molecule has 0 amide bonds. The van der Waals surface area contributed by atoms with Gasteiger partial charge in [0.2, 0.25) is 0 Å². The van der Waals surface area contributed by atoms with Crippen molar-refractivity contribution in [3.63, 3.8) is 0 Å². The van der Waals surface area contributed by atoms with Crippen molar-refractivity contribution >= 4 is 22.7 Å². The Morgan fingerprint density at radius 3 is 2.30 bits per heavy atom. The highest BCUT2D eigenvalue weighted by Gasteiger charge is 2.17. The first-order valence-electron chi connectivity index (χ1n) is 7.74. The number of thioether (sulfide) groups is 1. The fourth-order valence-electron chi connectivity index (χ4n) is 2.76. The predicted molar refractivity (Wildman–Crippen MR) is 97.8 cm³/mol. The van der Waals surface area contributed by atoms with E-state index in [0.29, 0.717) is 10.6 Å². The van der Waals surface area contributed by atoms with Crippen LogP contribution in [0.3, 0.4) is 0 Å². The summed E-state index contributed by atoms with van der Waals surface area (Å²) >= 11 is 1.62. The Kier molecular flexibility index (Phi) is 4.26. The van der Waals surface area contributed by atoms with E-state index in [2.05, 4.69) is 13.8 Å². The third kappa shape index (κ3) is 2.91. The van der Waals surface area contributed by atoms with E-state index in [0.717, 1.165) is 27.5 Å². The van der Waals surface area contributed by atoms with Gasteiger partial charge in [0.15, 0.2) is 5.16 Å². The third-order valence-corrected chi connectivity index (χ3v) is 4.71. The molecule has 0 N–H and O–H groups in total. The van der Waals surface area contributed by atoms with Crippen molar-refractivity contribution < 1.29 is 0 Å². The molecule has 2 aromatic carbocycles. The Morgan fingerprint density at radius 2 is 1.65 bits per heavy atom. The summed E-state index contributed by atoms with van der Waals surface area (Å²) in [6.45, 7) is 8.30. The van der Waals surface area contributed by atoms with Gasteiger partial charge >= 0.3 is 0 Å². The van der Waals surface area contributed by atoms with Gasteiger partial charge in [-0.2, -0.15) is 0 Å². The van der Waals surface area contributed by atoms with E-state index in [1.807, 2.05) is 56.3 Å². The molecule has 3 aromatic rings. The minimum absolute atomic E-state index is 0.00356. The summed E-state index contributed by atoms with van der Waals surface area (Å²) in [6.07, 6.45) is 0. The summed E-state index contributed by atoms with van der Waals surface area (Å²) < 4.78 is 1.78. The second kappa shape index (κ2) is 6.20. The molecule has 0 aliphatic heterocycles. The Morgan fingerprint density at radius 1 is 1.00 bits per heavy atom. The molecule has 23 heavy (non-hydrogen) atoms. The molecule has 0 radical (unpaired) electrons. The molecule has 4 heteroatoms. The normalized spacial score (nSPS) is 11.3. The summed E-state index contributed by atoms with van der Waals surface area (Å²) in [5.41, 5.74) is 3.85. The molecule has 0 spiro atoms. The van der Waals surface area contributed by atoms with Crippen molar-refractivity contribution in [1.82, 2.24) is 9.55 Å². The first kappa shape index (κ1) is 15.8. The molecule has 3 nitrogen and oxygen atoms in total. The summed E-state index contributed by atoms with van der Waals surface area (Å²) in [7, 11) is 0. The molecule has 3 rings (SSSR count). The van der Waals surface area contributed by atoms with Crippen LogP contribution in [0.25, 0.3) is 16.6 Å². The molecule has 1 aromatic heterocycles. The van der Waals surface area contributed by atoms with E-state index in [9.17, 15) is 4.79 Å². The Hall–Kier alpha value is -2.07. The number of aromatic nitrogens is 2. The molecule has 0 bridgehead atoms. The second-order valence-corrected chi connectivity index (χ2v) is 7.50. The van der Waals surface area contributed by atoms with Crippen molar-refractivity contribution in [2.24, 2.45) is 0 Å². The van der Waals surface area contributed by atoms with Crippen molar-refractivity contribution in [3.8, 4) is 5.69 Å².